The van der Waals surface area contributed by atoms with Gasteiger partial charge in [-0.3, -0.25) is 9.36 Å². The highest BCUT2D eigenvalue weighted by molar-refractivity contribution is 8.00. The van der Waals surface area contributed by atoms with Crippen LogP contribution in [0.3, 0.4) is 0 Å². The van der Waals surface area contributed by atoms with Crippen LogP contribution in [0, 0.1) is 18.3 Å². The molecule has 0 bridgehead atoms. The summed E-state index contributed by atoms with van der Waals surface area (Å²) in [5.41, 5.74) is 2.95. The van der Waals surface area contributed by atoms with E-state index >= 15 is 0 Å². The molecule has 0 unspecified atom stereocenters. The second kappa shape index (κ2) is 8.41. The summed E-state index contributed by atoms with van der Waals surface area (Å²) in [7, 11) is 0. The van der Waals surface area contributed by atoms with Crippen LogP contribution in [-0.2, 0) is 6.42 Å². The molecule has 0 fully saturated rings. The zero-order valence-corrected chi connectivity index (χ0v) is 16.7. The molecule has 0 saturated heterocycles. The quantitative estimate of drug-likeness (QED) is 0.453. The lowest BCUT2D eigenvalue weighted by Crippen LogP contribution is -2.26. The van der Waals surface area contributed by atoms with E-state index in [9.17, 15) is 10.1 Å². The lowest BCUT2D eigenvalue weighted by molar-refractivity contribution is 0.468. The van der Waals surface area contributed by atoms with E-state index in [4.69, 9.17) is 4.98 Å². The lowest BCUT2D eigenvalue weighted by atomic mass is 10.1. The van der Waals surface area contributed by atoms with Gasteiger partial charge in [0.1, 0.15) is 5.25 Å². The van der Waals surface area contributed by atoms with Gasteiger partial charge in [0.25, 0.3) is 5.56 Å². The zero-order valence-electron chi connectivity index (χ0n) is 15.8. The van der Waals surface area contributed by atoms with Crippen LogP contribution in [0.2, 0.25) is 0 Å². The minimum atomic E-state index is -0.309. The van der Waals surface area contributed by atoms with Gasteiger partial charge in [0, 0.05) is 6.04 Å². The van der Waals surface area contributed by atoms with Crippen molar-refractivity contribution in [3.63, 3.8) is 0 Å². The Balaban J connectivity index is 2.00. The summed E-state index contributed by atoms with van der Waals surface area (Å²) >= 11 is 1.38. The Kier molecular flexibility index (Phi) is 5.98. The smallest absolute Gasteiger partial charge is 0.262 e. The van der Waals surface area contributed by atoms with Crippen LogP contribution in [0.4, 0.5) is 0 Å². The van der Waals surface area contributed by atoms with Crippen molar-refractivity contribution < 1.29 is 0 Å². The van der Waals surface area contributed by atoms with Crippen molar-refractivity contribution in [3.8, 4) is 6.07 Å². The summed E-state index contributed by atoms with van der Waals surface area (Å²) in [6.45, 7) is 6.11. The number of para-hydroxylation sites is 1. The van der Waals surface area contributed by atoms with Gasteiger partial charge in [0.05, 0.1) is 17.0 Å². The van der Waals surface area contributed by atoms with Gasteiger partial charge in [-0.15, -0.1) is 0 Å². The normalized spacial score (nSPS) is 13.3. The summed E-state index contributed by atoms with van der Waals surface area (Å²) in [5.74, 6) is 0. The van der Waals surface area contributed by atoms with Gasteiger partial charge in [-0.2, -0.15) is 5.26 Å². The third-order valence-electron chi connectivity index (χ3n) is 4.74. The molecule has 0 radical (unpaired) electrons. The molecule has 3 rings (SSSR count). The summed E-state index contributed by atoms with van der Waals surface area (Å²) in [4.78, 5) is 17.8. The minimum absolute atomic E-state index is 0.0239. The summed E-state index contributed by atoms with van der Waals surface area (Å²) in [6, 6.07) is 18.0. The standard InChI is InChI=1S/C22H23N3OS/c1-4-16(3)25-21(26)19-7-5-6-8-20(19)24-22(25)27-18(14-23)13-17-11-9-15(2)10-12-17/h5-12,16,18H,4,13H2,1-3H3/t16-,18+/m0/s1. The maximum Gasteiger partial charge on any atom is 0.262 e. The highest BCUT2D eigenvalue weighted by Crippen LogP contribution is 2.27. The third kappa shape index (κ3) is 4.23. The summed E-state index contributed by atoms with van der Waals surface area (Å²) < 4.78 is 1.74. The van der Waals surface area contributed by atoms with Crippen LogP contribution >= 0.6 is 11.8 Å². The Bertz CT molecular complexity index is 1030. The molecule has 0 N–H and O–H groups in total. The first-order valence-electron chi connectivity index (χ1n) is 9.16. The predicted octanol–water partition coefficient (Wildman–Crippen LogP) is 4.90. The molecule has 138 valence electrons. The molecule has 4 nitrogen and oxygen atoms in total. The Morgan fingerprint density at radius 1 is 1.19 bits per heavy atom. The Morgan fingerprint density at radius 3 is 2.56 bits per heavy atom. The van der Waals surface area contributed by atoms with E-state index in [0.717, 1.165) is 12.0 Å². The molecule has 0 spiro atoms. The maximum atomic E-state index is 13.0. The van der Waals surface area contributed by atoms with Crippen molar-refractivity contribution in [2.75, 3.05) is 0 Å². The fourth-order valence-corrected chi connectivity index (χ4v) is 4.07. The van der Waals surface area contributed by atoms with E-state index in [0.29, 0.717) is 22.5 Å². The molecule has 1 aromatic heterocycles. The lowest BCUT2D eigenvalue weighted by Gasteiger charge is -2.19. The molecule has 2 atom stereocenters. The number of aryl methyl sites for hydroxylation is 1. The van der Waals surface area contributed by atoms with Gasteiger partial charge in [0.15, 0.2) is 5.16 Å². The molecule has 0 aliphatic heterocycles. The van der Waals surface area contributed by atoms with Crippen LogP contribution in [0.1, 0.15) is 37.4 Å². The first-order valence-corrected chi connectivity index (χ1v) is 10.0. The number of rotatable bonds is 6. The fourth-order valence-electron chi connectivity index (χ4n) is 2.96. The molecule has 0 amide bonds. The fraction of sp³-hybridized carbons (Fsp3) is 0.318. The van der Waals surface area contributed by atoms with E-state index < -0.39 is 0 Å². The topological polar surface area (TPSA) is 58.7 Å². The van der Waals surface area contributed by atoms with Crippen LogP contribution in [-0.4, -0.2) is 14.8 Å². The molecular weight excluding hydrogens is 354 g/mol. The number of benzene rings is 2. The minimum Gasteiger partial charge on any atom is -0.284 e. The number of fused-ring (bicyclic) bond motifs is 1. The van der Waals surface area contributed by atoms with Crippen molar-refractivity contribution in [1.82, 2.24) is 9.55 Å². The Labute approximate surface area is 163 Å². The van der Waals surface area contributed by atoms with E-state index in [-0.39, 0.29) is 16.9 Å². The number of thioether (sulfide) groups is 1. The number of hydrogen-bond donors (Lipinski definition) is 0. The van der Waals surface area contributed by atoms with Crippen molar-refractivity contribution in [2.45, 2.75) is 50.1 Å². The van der Waals surface area contributed by atoms with Crippen molar-refractivity contribution in [2.24, 2.45) is 0 Å². The first-order chi connectivity index (χ1) is 13.0. The Hall–Kier alpha value is -2.58. The molecule has 27 heavy (non-hydrogen) atoms. The second-order valence-electron chi connectivity index (χ2n) is 6.77. The first kappa shape index (κ1) is 19.2. The van der Waals surface area contributed by atoms with Gasteiger partial charge in [-0.1, -0.05) is 60.6 Å². The monoisotopic (exact) mass is 377 g/mol. The molecule has 2 aromatic carbocycles. The molecule has 0 aliphatic rings. The third-order valence-corrected chi connectivity index (χ3v) is 5.80. The maximum absolute atomic E-state index is 13.0. The SMILES string of the molecule is CC[C@H](C)n1c(S[C@@H](C#N)Cc2ccc(C)cc2)nc2ccccc2c1=O. The molecule has 5 heteroatoms. The molecular formula is C22H23N3OS. The average molecular weight is 378 g/mol. The summed E-state index contributed by atoms with van der Waals surface area (Å²) in [6.07, 6.45) is 1.44. The number of nitriles is 1. The largest absolute Gasteiger partial charge is 0.284 e. The summed E-state index contributed by atoms with van der Waals surface area (Å²) in [5, 5.41) is 10.6. The van der Waals surface area contributed by atoms with Gasteiger partial charge < -0.3 is 0 Å². The average Bonchev–Trinajstić information content (AvgIpc) is 2.69. The highest BCUT2D eigenvalue weighted by Gasteiger charge is 2.19. The number of hydrogen-bond acceptors (Lipinski definition) is 4. The van der Waals surface area contributed by atoms with Gasteiger partial charge in [-0.25, -0.2) is 4.98 Å². The van der Waals surface area contributed by atoms with E-state index in [1.807, 2.05) is 38.1 Å². The van der Waals surface area contributed by atoms with Crippen LogP contribution < -0.4 is 5.56 Å². The Morgan fingerprint density at radius 2 is 1.89 bits per heavy atom. The van der Waals surface area contributed by atoms with Crippen molar-refractivity contribution in [3.05, 3.63) is 70.0 Å². The second-order valence-corrected chi connectivity index (χ2v) is 7.94. The molecule has 0 aliphatic carbocycles. The van der Waals surface area contributed by atoms with Crippen LogP contribution in [0.15, 0.2) is 58.5 Å². The van der Waals surface area contributed by atoms with E-state index in [1.165, 1.54) is 17.3 Å². The molecule has 1 heterocycles. The molecule has 3 aromatic rings. The predicted molar refractivity (Wildman–Crippen MR) is 111 cm³/mol. The van der Waals surface area contributed by atoms with Gasteiger partial charge in [-0.05, 0) is 44.4 Å². The zero-order chi connectivity index (χ0) is 19.4. The van der Waals surface area contributed by atoms with E-state index in [1.54, 1.807) is 4.57 Å². The number of aromatic nitrogens is 2. The van der Waals surface area contributed by atoms with Crippen LogP contribution in [0.5, 0.6) is 0 Å². The van der Waals surface area contributed by atoms with Crippen LogP contribution in [0.25, 0.3) is 10.9 Å². The van der Waals surface area contributed by atoms with Gasteiger partial charge in [0.2, 0.25) is 0 Å². The molecule has 0 saturated carbocycles. The van der Waals surface area contributed by atoms with Gasteiger partial charge >= 0.3 is 0 Å². The van der Waals surface area contributed by atoms with Crippen molar-refractivity contribution >= 4 is 22.7 Å². The van der Waals surface area contributed by atoms with E-state index in [2.05, 4.69) is 37.3 Å². The van der Waals surface area contributed by atoms with Crippen molar-refractivity contribution in [1.29, 1.82) is 5.26 Å². The highest BCUT2D eigenvalue weighted by atomic mass is 32.2. The number of nitrogens with zero attached hydrogens (tertiary/aromatic N) is 3.